The highest BCUT2D eigenvalue weighted by Gasteiger charge is 2.21. The standard InChI is InChI=1S/C24H20Cl2F2N2O2S2/c1-29(2)23(31)33-21-9-13(25)5-7-15(21)17-11-20(28)18(12-19(17)27)16-8-6-14(26)10-22(16)34-24(32)30(3)4/h5-12H,1-4H3. The highest BCUT2D eigenvalue weighted by atomic mass is 35.5. The van der Waals surface area contributed by atoms with E-state index in [1.807, 2.05) is 0 Å². The largest absolute Gasteiger partial charge is 0.339 e. The molecule has 178 valence electrons. The Kier molecular flexibility index (Phi) is 8.52. The molecule has 0 atom stereocenters. The van der Waals surface area contributed by atoms with Gasteiger partial charge in [-0.3, -0.25) is 9.59 Å². The van der Waals surface area contributed by atoms with Gasteiger partial charge in [-0.25, -0.2) is 8.78 Å². The zero-order valence-corrected chi connectivity index (χ0v) is 21.8. The van der Waals surface area contributed by atoms with Gasteiger partial charge in [0.25, 0.3) is 10.5 Å². The average molecular weight is 541 g/mol. The van der Waals surface area contributed by atoms with Crippen LogP contribution >= 0.6 is 46.7 Å². The lowest BCUT2D eigenvalue weighted by Gasteiger charge is -2.16. The Labute approximate surface area is 215 Å². The van der Waals surface area contributed by atoms with Crippen molar-refractivity contribution in [2.45, 2.75) is 9.79 Å². The first-order chi connectivity index (χ1) is 16.0. The molecule has 0 radical (unpaired) electrons. The Balaban J connectivity index is 2.11. The lowest BCUT2D eigenvalue weighted by molar-refractivity contribution is 0.240. The summed E-state index contributed by atoms with van der Waals surface area (Å²) in [5.74, 6) is -1.38. The van der Waals surface area contributed by atoms with Gasteiger partial charge in [-0.05, 0) is 71.0 Å². The van der Waals surface area contributed by atoms with Gasteiger partial charge in [0.2, 0.25) is 0 Å². The molecule has 0 saturated heterocycles. The number of rotatable bonds is 4. The molecule has 0 spiro atoms. The van der Waals surface area contributed by atoms with E-state index in [9.17, 15) is 9.59 Å². The number of hydrogen-bond acceptors (Lipinski definition) is 4. The molecule has 0 unspecified atom stereocenters. The van der Waals surface area contributed by atoms with Crippen molar-refractivity contribution in [3.63, 3.8) is 0 Å². The van der Waals surface area contributed by atoms with Crippen molar-refractivity contribution in [3.05, 3.63) is 70.2 Å². The van der Waals surface area contributed by atoms with Gasteiger partial charge in [-0.2, -0.15) is 0 Å². The third-order valence-electron chi connectivity index (χ3n) is 4.65. The maximum absolute atomic E-state index is 15.4. The molecule has 0 bridgehead atoms. The van der Waals surface area contributed by atoms with E-state index in [4.69, 9.17) is 23.2 Å². The number of benzene rings is 3. The number of halogens is 4. The molecular weight excluding hydrogens is 521 g/mol. The molecular formula is C24H20Cl2F2N2O2S2. The second-order valence-electron chi connectivity index (χ2n) is 7.62. The molecule has 0 aliphatic heterocycles. The van der Waals surface area contributed by atoms with E-state index < -0.39 is 11.6 Å². The summed E-state index contributed by atoms with van der Waals surface area (Å²) in [6, 6.07) is 11.4. The zero-order chi connectivity index (χ0) is 25.2. The van der Waals surface area contributed by atoms with Crippen LogP contribution in [-0.4, -0.2) is 48.5 Å². The van der Waals surface area contributed by atoms with Crippen LogP contribution in [0.5, 0.6) is 0 Å². The molecule has 2 amide bonds. The van der Waals surface area contributed by atoms with E-state index in [2.05, 4.69) is 0 Å². The molecule has 3 rings (SSSR count). The highest BCUT2D eigenvalue weighted by molar-refractivity contribution is 8.13. The normalized spacial score (nSPS) is 10.8. The van der Waals surface area contributed by atoms with Crippen LogP contribution in [0, 0.1) is 11.6 Å². The summed E-state index contributed by atoms with van der Waals surface area (Å²) in [4.78, 5) is 28.0. The number of hydrogen-bond donors (Lipinski definition) is 0. The Morgan fingerprint density at radius 3 is 1.32 bits per heavy atom. The molecule has 0 N–H and O–H groups in total. The van der Waals surface area contributed by atoms with Crippen molar-refractivity contribution < 1.29 is 18.4 Å². The summed E-state index contributed by atoms with van der Waals surface area (Å²) in [5.41, 5.74) is 0.640. The maximum atomic E-state index is 15.4. The number of amides is 2. The van der Waals surface area contributed by atoms with Crippen LogP contribution in [-0.2, 0) is 0 Å². The number of nitrogens with zero attached hydrogens (tertiary/aromatic N) is 2. The van der Waals surface area contributed by atoms with Gasteiger partial charge in [0.15, 0.2) is 0 Å². The molecule has 3 aromatic carbocycles. The minimum absolute atomic E-state index is 0.0143. The molecule has 3 aromatic rings. The van der Waals surface area contributed by atoms with Gasteiger partial charge in [0.05, 0.1) is 0 Å². The summed E-state index contributed by atoms with van der Waals surface area (Å²) >= 11 is 13.9. The van der Waals surface area contributed by atoms with Gasteiger partial charge >= 0.3 is 0 Å². The summed E-state index contributed by atoms with van der Waals surface area (Å²) in [7, 11) is 6.38. The van der Waals surface area contributed by atoms with E-state index in [-0.39, 0.29) is 21.6 Å². The third-order valence-corrected chi connectivity index (χ3v) is 7.31. The second-order valence-corrected chi connectivity index (χ2v) is 10.5. The van der Waals surface area contributed by atoms with E-state index in [1.54, 1.807) is 52.5 Å². The van der Waals surface area contributed by atoms with Crippen LogP contribution in [0.4, 0.5) is 18.4 Å². The summed E-state index contributed by atoms with van der Waals surface area (Å²) < 4.78 is 30.7. The van der Waals surface area contributed by atoms with Gasteiger partial charge < -0.3 is 9.80 Å². The van der Waals surface area contributed by atoms with Crippen molar-refractivity contribution in [3.8, 4) is 22.3 Å². The van der Waals surface area contributed by atoms with E-state index >= 15 is 8.78 Å². The minimum Gasteiger partial charge on any atom is -0.339 e. The summed E-state index contributed by atoms with van der Waals surface area (Å²) in [5, 5.41) is 0.163. The van der Waals surface area contributed by atoms with Crippen LogP contribution in [0.2, 0.25) is 10.0 Å². The van der Waals surface area contributed by atoms with Gasteiger partial charge in [0, 0.05) is 59.2 Å². The predicted octanol–water partition coefficient (Wildman–Crippen LogP) is 8.15. The smallest absolute Gasteiger partial charge is 0.285 e. The maximum Gasteiger partial charge on any atom is 0.285 e. The first-order valence-electron chi connectivity index (χ1n) is 9.85. The van der Waals surface area contributed by atoms with Gasteiger partial charge in [-0.1, -0.05) is 35.3 Å². The third kappa shape index (κ3) is 6.05. The van der Waals surface area contributed by atoms with E-state index in [0.717, 1.165) is 35.7 Å². The van der Waals surface area contributed by atoms with Crippen molar-refractivity contribution in [2.75, 3.05) is 28.2 Å². The first kappa shape index (κ1) is 26.3. The minimum atomic E-state index is -0.692. The molecule has 10 heteroatoms. The van der Waals surface area contributed by atoms with Crippen molar-refractivity contribution in [1.82, 2.24) is 9.80 Å². The van der Waals surface area contributed by atoms with Crippen LogP contribution < -0.4 is 0 Å². The molecule has 0 saturated carbocycles. The Morgan fingerprint density at radius 2 is 1.00 bits per heavy atom. The Bertz CT molecular complexity index is 1170. The zero-order valence-electron chi connectivity index (χ0n) is 18.7. The lowest BCUT2D eigenvalue weighted by atomic mass is 9.98. The highest BCUT2D eigenvalue weighted by Crippen LogP contribution is 2.40. The molecule has 0 fully saturated rings. The Morgan fingerprint density at radius 1 is 0.647 bits per heavy atom. The molecule has 4 nitrogen and oxygen atoms in total. The average Bonchev–Trinajstić information content (AvgIpc) is 2.75. The number of carbonyl (C=O) groups is 2. The number of carbonyl (C=O) groups excluding carboxylic acids is 2. The van der Waals surface area contributed by atoms with Crippen LogP contribution in [0.3, 0.4) is 0 Å². The Hall–Kier alpha value is -2.26. The molecule has 0 aliphatic carbocycles. The quantitative estimate of drug-likeness (QED) is 0.313. The molecule has 34 heavy (non-hydrogen) atoms. The number of thioether (sulfide) groups is 2. The summed E-state index contributed by atoms with van der Waals surface area (Å²) in [6.45, 7) is 0. The molecule has 0 heterocycles. The van der Waals surface area contributed by atoms with E-state index in [1.165, 1.54) is 21.9 Å². The van der Waals surface area contributed by atoms with E-state index in [0.29, 0.717) is 31.0 Å². The lowest BCUT2D eigenvalue weighted by Crippen LogP contribution is -2.16. The fourth-order valence-electron chi connectivity index (χ4n) is 2.94. The van der Waals surface area contributed by atoms with Crippen LogP contribution in [0.15, 0.2) is 58.3 Å². The van der Waals surface area contributed by atoms with Crippen LogP contribution in [0.1, 0.15) is 0 Å². The molecule has 0 aromatic heterocycles. The fraction of sp³-hybridized carbons (Fsp3) is 0.167. The molecule has 0 aliphatic rings. The monoisotopic (exact) mass is 540 g/mol. The van der Waals surface area contributed by atoms with Crippen molar-refractivity contribution in [2.24, 2.45) is 0 Å². The van der Waals surface area contributed by atoms with Gasteiger partial charge in [0.1, 0.15) is 11.6 Å². The first-order valence-corrected chi connectivity index (χ1v) is 12.2. The predicted molar refractivity (Wildman–Crippen MR) is 137 cm³/mol. The van der Waals surface area contributed by atoms with Crippen LogP contribution in [0.25, 0.3) is 22.3 Å². The summed E-state index contributed by atoms with van der Waals surface area (Å²) in [6.07, 6.45) is 0. The van der Waals surface area contributed by atoms with Gasteiger partial charge in [-0.15, -0.1) is 0 Å². The topological polar surface area (TPSA) is 40.6 Å². The SMILES string of the molecule is CN(C)C(=O)Sc1cc(Cl)ccc1-c1cc(F)c(-c2ccc(Cl)cc2SC(=O)N(C)C)cc1F. The van der Waals surface area contributed by atoms with Crippen molar-refractivity contribution in [1.29, 1.82) is 0 Å². The fourth-order valence-corrected chi connectivity index (χ4v) is 5.10. The second kappa shape index (κ2) is 11.0. The van der Waals surface area contributed by atoms with Crippen molar-refractivity contribution >= 4 is 57.2 Å².